The minimum absolute atomic E-state index is 0.0855. The molecule has 1 aliphatic rings. The quantitative estimate of drug-likeness (QED) is 0.530. The van der Waals surface area contributed by atoms with Crippen molar-refractivity contribution in [3.05, 3.63) is 90.0 Å². The molecule has 0 saturated carbocycles. The van der Waals surface area contributed by atoms with Crippen LogP contribution in [0.5, 0.6) is 0 Å². The lowest BCUT2D eigenvalue weighted by Crippen LogP contribution is -2.44. The predicted molar refractivity (Wildman–Crippen MR) is 124 cm³/mol. The molecule has 1 saturated heterocycles. The molecule has 7 nitrogen and oxygen atoms in total. The van der Waals surface area contributed by atoms with Crippen LogP contribution < -0.4 is 10.0 Å². The Bertz CT molecular complexity index is 1250. The van der Waals surface area contributed by atoms with E-state index >= 15 is 0 Å². The molecular weight excluding hydrogens is 464 g/mol. The molecule has 0 bridgehead atoms. The van der Waals surface area contributed by atoms with Gasteiger partial charge in [0.05, 0.1) is 18.1 Å². The topological polar surface area (TPSA) is 87.7 Å². The van der Waals surface area contributed by atoms with Crippen molar-refractivity contribution in [1.29, 1.82) is 0 Å². The van der Waals surface area contributed by atoms with Gasteiger partial charge in [-0.1, -0.05) is 30.3 Å². The molecule has 178 valence electrons. The van der Waals surface area contributed by atoms with Gasteiger partial charge in [-0.25, -0.2) is 17.2 Å². The van der Waals surface area contributed by atoms with E-state index in [-0.39, 0.29) is 11.6 Å². The Morgan fingerprint density at radius 2 is 1.53 bits per heavy atom. The summed E-state index contributed by atoms with van der Waals surface area (Å²) in [5.41, 5.74) is 1.62. The molecule has 3 aromatic rings. The first-order valence-electron chi connectivity index (χ1n) is 10.6. The van der Waals surface area contributed by atoms with E-state index in [1.54, 1.807) is 17.0 Å². The molecule has 2 N–H and O–H groups in total. The first-order chi connectivity index (χ1) is 16.3. The molecule has 10 heteroatoms. The van der Waals surface area contributed by atoms with Crippen LogP contribution in [0.15, 0.2) is 77.7 Å². The summed E-state index contributed by atoms with van der Waals surface area (Å²) >= 11 is 0. The zero-order valence-electron chi connectivity index (χ0n) is 18.1. The van der Waals surface area contributed by atoms with Crippen molar-refractivity contribution < 1.29 is 26.7 Å². The van der Waals surface area contributed by atoms with E-state index in [2.05, 4.69) is 10.0 Å². The molecule has 1 unspecified atom stereocenters. The van der Waals surface area contributed by atoms with Crippen LogP contribution in [0.4, 0.5) is 20.2 Å². The first-order valence-corrected chi connectivity index (χ1v) is 12.1. The summed E-state index contributed by atoms with van der Waals surface area (Å²) in [7, 11) is -4.11. The van der Waals surface area contributed by atoms with Crippen LogP contribution in [0.1, 0.15) is 11.6 Å². The summed E-state index contributed by atoms with van der Waals surface area (Å²) in [5, 5.41) is 3.23. The summed E-state index contributed by atoms with van der Waals surface area (Å²) in [6.07, 6.45) is 0. The van der Waals surface area contributed by atoms with Crippen LogP contribution >= 0.6 is 0 Å². The van der Waals surface area contributed by atoms with E-state index in [0.29, 0.717) is 38.1 Å². The van der Waals surface area contributed by atoms with E-state index < -0.39 is 32.6 Å². The second kappa shape index (κ2) is 10.2. The van der Waals surface area contributed by atoms with Gasteiger partial charge >= 0.3 is 0 Å². The van der Waals surface area contributed by atoms with Crippen LogP contribution in [-0.4, -0.2) is 45.5 Å². The lowest BCUT2D eigenvalue weighted by Gasteiger charge is -2.31. The van der Waals surface area contributed by atoms with Crippen LogP contribution in [0.2, 0.25) is 0 Å². The molecule has 1 heterocycles. The number of hydrogen-bond acceptors (Lipinski definition) is 5. The molecule has 0 aromatic heterocycles. The highest BCUT2D eigenvalue weighted by atomic mass is 32.2. The van der Waals surface area contributed by atoms with Crippen molar-refractivity contribution >= 4 is 27.3 Å². The summed E-state index contributed by atoms with van der Waals surface area (Å²) in [4.78, 5) is 14.6. The van der Waals surface area contributed by atoms with E-state index in [4.69, 9.17) is 4.74 Å². The van der Waals surface area contributed by atoms with E-state index in [0.717, 1.165) is 17.7 Å². The minimum Gasteiger partial charge on any atom is -0.378 e. The number of morpholine rings is 1. The third-order valence-corrected chi connectivity index (χ3v) is 6.73. The predicted octanol–water partition coefficient (Wildman–Crippen LogP) is 3.78. The van der Waals surface area contributed by atoms with E-state index in [9.17, 15) is 22.0 Å². The number of hydrogen-bond donors (Lipinski definition) is 2. The van der Waals surface area contributed by atoms with Crippen molar-refractivity contribution in [2.75, 3.05) is 36.3 Å². The van der Waals surface area contributed by atoms with Crippen LogP contribution in [0.3, 0.4) is 0 Å². The summed E-state index contributed by atoms with van der Waals surface area (Å²) in [6.45, 7) is 1.99. The molecule has 4 rings (SSSR count). The minimum atomic E-state index is -4.11. The number of sulfonamides is 1. The van der Waals surface area contributed by atoms with Gasteiger partial charge in [0.2, 0.25) is 5.91 Å². The SMILES string of the molecule is O=C(C(Nc1ccc(NS(=O)(=O)c2ccc(F)c(F)c2)cc1)c1ccccc1)N1CCOCC1. The molecule has 34 heavy (non-hydrogen) atoms. The molecule has 0 spiro atoms. The fraction of sp³-hybridized carbons (Fsp3) is 0.208. The van der Waals surface area contributed by atoms with E-state index in [1.165, 1.54) is 12.1 Å². The highest BCUT2D eigenvalue weighted by molar-refractivity contribution is 7.92. The van der Waals surface area contributed by atoms with Gasteiger partial charge in [-0.05, 0) is 48.0 Å². The van der Waals surface area contributed by atoms with Gasteiger partial charge in [0, 0.05) is 24.5 Å². The van der Waals surface area contributed by atoms with Crippen LogP contribution in [-0.2, 0) is 19.6 Å². The van der Waals surface area contributed by atoms with Gasteiger partial charge in [-0.2, -0.15) is 0 Å². The van der Waals surface area contributed by atoms with Gasteiger partial charge in [0.1, 0.15) is 6.04 Å². The second-order valence-electron chi connectivity index (χ2n) is 7.68. The molecule has 1 amide bonds. The highest BCUT2D eigenvalue weighted by Gasteiger charge is 2.27. The average molecular weight is 488 g/mol. The normalized spacial score (nSPS) is 14.9. The maximum Gasteiger partial charge on any atom is 0.261 e. The number of carbonyl (C=O) groups excluding carboxylic acids is 1. The van der Waals surface area contributed by atoms with Gasteiger partial charge in [0.15, 0.2) is 11.6 Å². The van der Waals surface area contributed by atoms with Gasteiger partial charge in [0.25, 0.3) is 10.0 Å². The second-order valence-corrected chi connectivity index (χ2v) is 9.37. The smallest absolute Gasteiger partial charge is 0.261 e. The fourth-order valence-electron chi connectivity index (χ4n) is 3.56. The lowest BCUT2D eigenvalue weighted by atomic mass is 10.0. The number of ether oxygens (including phenoxy) is 1. The zero-order valence-corrected chi connectivity index (χ0v) is 18.9. The highest BCUT2D eigenvalue weighted by Crippen LogP contribution is 2.25. The van der Waals surface area contributed by atoms with Crippen molar-refractivity contribution in [2.45, 2.75) is 10.9 Å². The first kappa shape index (κ1) is 23.7. The Kier molecular flexibility index (Phi) is 7.09. The molecular formula is C24H23F2N3O4S. The van der Waals surface area contributed by atoms with E-state index in [1.807, 2.05) is 30.3 Å². The lowest BCUT2D eigenvalue weighted by molar-refractivity contribution is -0.136. The van der Waals surface area contributed by atoms with Gasteiger partial charge in [-0.15, -0.1) is 0 Å². The van der Waals surface area contributed by atoms with Gasteiger partial charge < -0.3 is 15.0 Å². The largest absolute Gasteiger partial charge is 0.378 e. The Hall–Kier alpha value is -3.50. The van der Waals surface area contributed by atoms with Crippen LogP contribution in [0.25, 0.3) is 0 Å². The zero-order chi connectivity index (χ0) is 24.1. The Morgan fingerprint density at radius 3 is 2.18 bits per heavy atom. The number of anilines is 2. The molecule has 0 radical (unpaired) electrons. The summed E-state index contributed by atoms with van der Waals surface area (Å²) < 4.78 is 59.3. The maximum absolute atomic E-state index is 13.4. The average Bonchev–Trinajstić information content (AvgIpc) is 2.85. The molecule has 0 aliphatic carbocycles. The molecule has 1 aliphatic heterocycles. The summed E-state index contributed by atoms with van der Waals surface area (Å²) in [5.74, 6) is -2.47. The number of nitrogens with one attached hydrogen (secondary N) is 2. The Morgan fingerprint density at radius 1 is 0.882 bits per heavy atom. The standard InChI is InChI=1S/C24H23F2N3O4S/c25-21-11-10-20(16-22(21)26)34(31,32)28-19-8-6-18(7-9-19)27-23(17-4-2-1-3-5-17)24(30)29-12-14-33-15-13-29/h1-11,16,23,27-28H,12-15H2. The van der Waals surface area contributed by atoms with Crippen molar-refractivity contribution in [1.82, 2.24) is 4.90 Å². The third-order valence-electron chi connectivity index (χ3n) is 5.35. The van der Waals surface area contributed by atoms with Crippen molar-refractivity contribution in [2.24, 2.45) is 0 Å². The number of halogens is 2. The van der Waals surface area contributed by atoms with Crippen LogP contribution in [0, 0.1) is 11.6 Å². The van der Waals surface area contributed by atoms with Crippen molar-refractivity contribution in [3.8, 4) is 0 Å². The Balaban J connectivity index is 1.51. The maximum atomic E-state index is 13.4. The van der Waals surface area contributed by atoms with Crippen molar-refractivity contribution in [3.63, 3.8) is 0 Å². The number of amides is 1. The number of rotatable bonds is 7. The molecule has 1 fully saturated rings. The molecule has 1 atom stereocenters. The fourth-order valence-corrected chi connectivity index (χ4v) is 4.63. The monoisotopic (exact) mass is 487 g/mol. The van der Waals surface area contributed by atoms with Gasteiger partial charge in [-0.3, -0.25) is 9.52 Å². The Labute approximate surface area is 196 Å². The number of carbonyl (C=O) groups is 1. The summed E-state index contributed by atoms with van der Waals surface area (Å²) in [6, 6.07) is 17.3. The number of nitrogens with zero attached hydrogens (tertiary/aromatic N) is 1. The number of benzene rings is 3. The third kappa shape index (κ3) is 5.52. The molecule has 3 aromatic carbocycles.